The largest absolute Gasteiger partial charge is 0.347 e. The summed E-state index contributed by atoms with van der Waals surface area (Å²) in [6, 6.07) is -1.51. The number of nitrogens with two attached hydrogens (primary N) is 1. The molecule has 2 atom stereocenters. The van der Waals surface area contributed by atoms with Gasteiger partial charge in [0.05, 0.1) is 12.6 Å². The lowest BCUT2D eigenvalue weighted by Crippen LogP contribution is -2.53. The van der Waals surface area contributed by atoms with E-state index in [9.17, 15) is 24.2 Å². The van der Waals surface area contributed by atoms with Gasteiger partial charge in [0.25, 0.3) is 7.72 Å². The lowest BCUT2D eigenvalue weighted by atomic mass is 9.91. The maximum atomic E-state index is 12.6. The molecule has 1 aliphatic carbocycles. The molecule has 0 saturated heterocycles. The van der Waals surface area contributed by atoms with Gasteiger partial charge < -0.3 is 16.4 Å². The zero-order valence-electron chi connectivity index (χ0n) is 18.9. The molecule has 174 valence electrons. The molecule has 0 aromatic heterocycles. The highest BCUT2D eigenvalue weighted by atomic mass is 31.2. The van der Waals surface area contributed by atoms with Crippen molar-refractivity contribution in [3.05, 3.63) is 0 Å². The van der Waals surface area contributed by atoms with E-state index in [1.54, 1.807) is 0 Å². The van der Waals surface area contributed by atoms with Gasteiger partial charge in [-0.15, -0.1) is 0 Å². The van der Waals surface area contributed by atoms with Crippen LogP contribution in [0.4, 0.5) is 0 Å². The minimum Gasteiger partial charge on any atom is -0.347 e. The van der Waals surface area contributed by atoms with Gasteiger partial charge in [-0.3, -0.25) is 14.4 Å². The van der Waals surface area contributed by atoms with Gasteiger partial charge >= 0.3 is 0 Å². The van der Waals surface area contributed by atoms with E-state index >= 15 is 0 Å². The quantitative estimate of drug-likeness (QED) is 0.288. The van der Waals surface area contributed by atoms with E-state index in [0.717, 1.165) is 25.7 Å². The highest BCUT2D eigenvalue weighted by Crippen LogP contribution is 2.52. The van der Waals surface area contributed by atoms with Gasteiger partial charge in [-0.1, -0.05) is 47.0 Å². The summed E-state index contributed by atoms with van der Waals surface area (Å²) < 4.78 is 0. The highest BCUT2D eigenvalue weighted by molar-refractivity contribution is 7.65. The second kappa shape index (κ2) is 12.7. The van der Waals surface area contributed by atoms with Crippen molar-refractivity contribution in [2.45, 2.75) is 78.3 Å². The van der Waals surface area contributed by atoms with Crippen molar-refractivity contribution < 1.29 is 24.2 Å². The van der Waals surface area contributed by atoms with Crippen LogP contribution in [0.5, 0.6) is 0 Å². The van der Waals surface area contributed by atoms with Crippen LogP contribution in [0.2, 0.25) is 0 Å². The number of Topliss-reactive ketones (excluding diaryl/α,β-unsaturated/α-hetero) is 1. The molecule has 0 aromatic carbocycles. The molecule has 30 heavy (non-hydrogen) atoms. The number of ketones is 1. The van der Waals surface area contributed by atoms with Crippen molar-refractivity contribution in [2.75, 3.05) is 18.9 Å². The number of hydrogen-bond donors (Lipinski definition) is 5. The van der Waals surface area contributed by atoms with Crippen molar-refractivity contribution in [2.24, 2.45) is 23.5 Å². The SMILES string of the molecule is CC(C)C[C@H](NC(=O)[C@@H](N)C(C)C)C(=O)NCC(=O)C[P+](O)(O)CC1CCCCC1. The molecule has 6 N–H and O–H groups in total. The zero-order chi connectivity index (χ0) is 22.9. The third kappa shape index (κ3) is 10.3. The predicted octanol–water partition coefficient (Wildman–Crippen LogP) is 1.60. The third-order valence-corrected chi connectivity index (χ3v) is 7.49. The maximum Gasteiger partial charge on any atom is 0.275 e. The summed E-state index contributed by atoms with van der Waals surface area (Å²) >= 11 is 0. The first-order valence-electron chi connectivity index (χ1n) is 11.1. The standard InChI is InChI=1S/C21H40N3O5P/c1-14(2)10-18(24-21(27)19(22)15(3)4)20(26)23-11-17(25)13-30(28,29)12-16-8-6-5-7-9-16/h14-16,18-19,28-29H,5-13,22H2,1-4H3,(H-,23,24,26,27)/p+1/t18-,19-/m0/s1. The fourth-order valence-electron chi connectivity index (χ4n) is 3.77. The minimum absolute atomic E-state index is 0.0651. The topological polar surface area (TPSA) is 142 Å². The summed E-state index contributed by atoms with van der Waals surface area (Å²) in [4.78, 5) is 57.7. The fourth-order valence-corrected chi connectivity index (χ4v) is 5.77. The molecule has 9 heteroatoms. The van der Waals surface area contributed by atoms with Crippen LogP contribution in [-0.2, 0) is 14.4 Å². The number of carbonyl (C=O) groups is 3. The molecule has 0 unspecified atom stereocenters. The molecule has 0 spiro atoms. The third-order valence-electron chi connectivity index (χ3n) is 5.53. The maximum absolute atomic E-state index is 12.6. The Morgan fingerprint density at radius 3 is 2.17 bits per heavy atom. The lowest BCUT2D eigenvalue weighted by Gasteiger charge is -2.24. The molecule has 0 heterocycles. The number of rotatable bonds is 12. The van der Waals surface area contributed by atoms with Gasteiger partial charge in [-0.05, 0) is 37.0 Å². The van der Waals surface area contributed by atoms with Crippen molar-refractivity contribution in [3.8, 4) is 0 Å². The molecule has 1 rings (SSSR count). The lowest BCUT2D eigenvalue weighted by molar-refractivity contribution is -0.131. The monoisotopic (exact) mass is 446 g/mol. The molecule has 0 bridgehead atoms. The van der Waals surface area contributed by atoms with E-state index in [-0.39, 0.29) is 36.6 Å². The van der Waals surface area contributed by atoms with Crippen LogP contribution >= 0.6 is 7.72 Å². The van der Waals surface area contributed by atoms with E-state index in [2.05, 4.69) is 10.6 Å². The van der Waals surface area contributed by atoms with Crippen molar-refractivity contribution in [1.29, 1.82) is 0 Å². The number of hydrogen-bond acceptors (Lipinski definition) is 6. The first-order valence-corrected chi connectivity index (χ1v) is 13.2. The van der Waals surface area contributed by atoms with Gasteiger partial charge in [-0.2, -0.15) is 0 Å². The molecule has 2 amide bonds. The predicted molar refractivity (Wildman–Crippen MR) is 120 cm³/mol. The first kappa shape index (κ1) is 27.0. The van der Waals surface area contributed by atoms with E-state index in [0.29, 0.717) is 6.42 Å². The van der Waals surface area contributed by atoms with Crippen LogP contribution in [0, 0.1) is 17.8 Å². The van der Waals surface area contributed by atoms with Gasteiger partial charge in [0.1, 0.15) is 12.2 Å². The molecule has 0 aromatic rings. The summed E-state index contributed by atoms with van der Waals surface area (Å²) in [5.41, 5.74) is 5.86. The van der Waals surface area contributed by atoms with Crippen LogP contribution < -0.4 is 16.4 Å². The Labute approximate surface area is 181 Å². The summed E-state index contributed by atoms with van der Waals surface area (Å²) in [5, 5.41) is 5.22. The normalized spacial score (nSPS) is 17.6. The van der Waals surface area contributed by atoms with Crippen LogP contribution in [0.25, 0.3) is 0 Å². The average molecular weight is 447 g/mol. The smallest absolute Gasteiger partial charge is 0.275 e. The molecule has 1 aliphatic rings. The van der Waals surface area contributed by atoms with Crippen molar-refractivity contribution in [1.82, 2.24) is 10.6 Å². The Morgan fingerprint density at radius 1 is 1.03 bits per heavy atom. The molecule has 8 nitrogen and oxygen atoms in total. The average Bonchev–Trinajstić information content (AvgIpc) is 2.64. The van der Waals surface area contributed by atoms with E-state index in [4.69, 9.17) is 5.73 Å². The Morgan fingerprint density at radius 2 is 1.63 bits per heavy atom. The summed E-state index contributed by atoms with van der Waals surface area (Å²) in [7, 11) is -3.31. The zero-order valence-corrected chi connectivity index (χ0v) is 19.8. The van der Waals surface area contributed by atoms with Crippen LogP contribution in [0.3, 0.4) is 0 Å². The van der Waals surface area contributed by atoms with Gasteiger partial charge in [0, 0.05) is 0 Å². The van der Waals surface area contributed by atoms with Crippen LogP contribution in [-0.4, -0.2) is 58.3 Å². The van der Waals surface area contributed by atoms with Gasteiger partial charge in [-0.25, -0.2) is 9.79 Å². The van der Waals surface area contributed by atoms with Crippen LogP contribution in [0.1, 0.15) is 66.2 Å². The summed E-state index contributed by atoms with van der Waals surface area (Å²) in [6.07, 6.45) is 5.70. The fraction of sp³-hybridized carbons (Fsp3) is 0.857. The summed E-state index contributed by atoms with van der Waals surface area (Å²) in [5.74, 6) is -0.930. The van der Waals surface area contributed by atoms with E-state index < -0.39 is 37.4 Å². The molecule has 1 saturated carbocycles. The molecule has 0 aliphatic heterocycles. The number of nitrogens with one attached hydrogen (secondary N) is 2. The molecule has 1 fully saturated rings. The Hall–Kier alpha value is -1.08. The highest BCUT2D eigenvalue weighted by Gasteiger charge is 2.39. The molecular weight excluding hydrogens is 405 g/mol. The van der Waals surface area contributed by atoms with E-state index in [1.165, 1.54) is 6.42 Å². The van der Waals surface area contributed by atoms with Gasteiger partial charge in [0.2, 0.25) is 11.8 Å². The minimum atomic E-state index is -3.31. The summed E-state index contributed by atoms with van der Waals surface area (Å²) in [6.45, 7) is 7.23. The number of amides is 2. The second-order valence-corrected chi connectivity index (χ2v) is 11.9. The van der Waals surface area contributed by atoms with Crippen molar-refractivity contribution >= 4 is 25.3 Å². The first-order chi connectivity index (χ1) is 13.9. The Balaban J connectivity index is 2.55. The Bertz CT molecular complexity index is 577. The van der Waals surface area contributed by atoms with E-state index in [1.807, 2.05) is 27.7 Å². The number of carbonyl (C=O) groups excluding carboxylic acids is 3. The molecular formula is C21H41N3O5P+. The van der Waals surface area contributed by atoms with Crippen LogP contribution in [0.15, 0.2) is 0 Å². The van der Waals surface area contributed by atoms with Crippen molar-refractivity contribution in [3.63, 3.8) is 0 Å². The second-order valence-electron chi connectivity index (χ2n) is 9.44. The van der Waals surface area contributed by atoms with Gasteiger partial charge in [0.15, 0.2) is 11.9 Å². The molecule has 0 radical (unpaired) electrons. The Kier molecular flexibility index (Phi) is 11.4.